The Bertz CT molecular complexity index is 1680. The Balaban J connectivity index is 1.86. The van der Waals surface area contributed by atoms with Crippen LogP contribution in [0.1, 0.15) is 30.9 Å². The molecule has 4 rings (SSSR count). The predicted molar refractivity (Wildman–Crippen MR) is 144 cm³/mol. The van der Waals surface area contributed by atoms with Crippen LogP contribution in [0.25, 0.3) is 17.3 Å². The van der Waals surface area contributed by atoms with Crippen LogP contribution in [0.3, 0.4) is 0 Å². The van der Waals surface area contributed by atoms with E-state index in [4.69, 9.17) is 0 Å². The zero-order chi connectivity index (χ0) is 26.5. The number of benzene rings is 3. The summed E-state index contributed by atoms with van der Waals surface area (Å²) in [5.41, 5.74) is 2.04. The van der Waals surface area contributed by atoms with E-state index in [1.165, 1.54) is 28.8 Å². The number of nitriles is 1. The molecule has 0 bridgehead atoms. The van der Waals surface area contributed by atoms with E-state index in [0.717, 1.165) is 16.9 Å². The summed E-state index contributed by atoms with van der Waals surface area (Å²) < 4.78 is 1.79. The Hall–Kier alpha value is -4.81. The molecule has 0 atom stereocenters. The lowest BCUT2D eigenvalue weighted by Gasteiger charge is -2.08. The highest BCUT2D eigenvalue weighted by Crippen LogP contribution is 2.18. The quantitative estimate of drug-likeness (QED) is 0.310. The molecule has 0 spiro atoms. The second-order valence-electron chi connectivity index (χ2n) is 8.46. The summed E-state index contributed by atoms with van der Waals surface area (Å²) in [5.74, 6) is -0.296. The molecule has 1 amide bonds. The molecule has 0 unspecified atom stereocenters. The molecule has 37 heavy (non-hydrogen) atoms. The number of nitrogens with one attached hydrogen (secondary N) is 1. The Morgan fingerprint density at radius 2 is 1.70 bits per heavy atom. The van der Waals surface area contributed by atoms with Crippen LogP contribution < -0.4 is 20.1 Å². The van der Waals surface area contributed by atoms with E-state index < -0.39 is 16.4 Å². The molecule has 0 aliphatic carbocycles. The molecular formula is C28H22N4O4S. The van der Waals surface area contributed by atoms with Crippen molar-refractivity contribution in [3.05, 3.63) is 120 Å². The lowest BCUT2D eigenvalue weighted by atomic mass is 10.0. The number of nitro groups is 1. The maximum absolute atomic E-state index is 13.5. The van der Waals surface area contributed by atoms with Crippen molar-refractivity contribution in [2.24, 2.45) is 0 Å². The van der Waals surface area contributed by atoms with Gasteiger partial charge in [-0.25, -0.2) is 0 Å². The summed E-state index contributed by atoms with van der Waals surface area (Å²) in [6.45, 7) is 4.14. The van der Waals surface area contributed by atoms with Gasteiger partial charge in [0.15, 0.2) is 5.57 Å². The smallest absolute Gasteiger partial charge is 0.273 e. The SMILES string of the molecule is CC(C)c1ccc(NC(=O)/C(C#N)=c2\s/c(=C/c3ccc([N+](=O)[O-])cc3)c(=O)n2-c2ccccc2)cc1. The minimum absolute atomic E-state index is 0.0658. The van der Waals surface area contributed by atoms with E-state index in [2.05, 4.69) is 19.2 Å². The molecule has 3 aromatic carbocycles. The molecular weight excluding hydrogens is 488 g/mol. The van der Waals surface area contributed by atoms with E-state index in [0.29, 0.717) is 22.9 Å². The molecule has 1 N–H and O–H groups in total. The average Bonchev–Trinajstić information content (AvgIpc) is 3.20. The first-order valence-corrected chi connectivity index (χ1v) is 12.2. The van der Waals surface area contributed by atoms with E-state index in [9.17, 15) is 25.0 Å². The Kier molecular flexibility index (Phi) is 7.41. The molecule has 0 saturated heterocycles. The maximum Gasteiger partial charge on any atom is 0.273 e. The predicted octanol–water partition coefficient (Wildman–Crippen LogP) is 4.07. The zero-order valence-corrected chi connectivity index (χ0v) is 20.9. The van der Waals surface area contributed by atoms with Gasteiger partial charge in [0.05, 0.1) is 15.1 Å². The summed E-state index contributed by atoms with van der Waals surface area (Å²) in [5, 5.41) is 23.7. The van der Waals surface area contributed by atoms with Crippen LogP contribution in [-0.2, 0) is 4.79 Å². The molecule has 8 nitrogen and oxygen atoms in total. The molecule has 1 aromatic heterocycles. The van der Waals surface area contributed by atoms with Crippen LogP contribution in [0.5, 0.6) is 0 Å². The minimum atomic E-state index is -0.632. The zero-order valence-electron chi connectivity index (χ0n) is 20.0. The van der Waals surface area contributed by atoms with Gasteiger partial charge in [-0.2, -0.15) is 5.26 Å². The number of anilines is 1. The van der Waals surface area contributed by atoms with Gasteiger partial charge in [-0.1, -0.05) is 44.2 Å². The van der Waals surface area contributed by atoms with Crippen molar-refractivity contribution in [1.82, 2.24) is 4.57 Å². The van der Waals surface area contributed by atoms with Gasteiger partial charge in [0.1, 0.15) is 10.7 Å². The number of para-hydroxylation sites is 1. The molecule has 0 aliphatic heterocycles. The van der Waals surface area contributed by atoms with Crippen molar-refractivity contribution in [1.29, 1.82) is 5.26 Å². The van der Waals surface area contributed by atoms with Gasteiger partial charge in [0.25, 0.3) is 17.2 Å². The number of hydrogen-bond donors (Lipinski definition) is 1. The maximum atomic E-state index is 13.5. The third-order valence-electron chi connectivity index (χ3n) is 5.63. The lowest BCUT2D eigenvalue weighted by Crippen LogP contribution is -2.32. The summed E-state index contributed by atoms with van der Waals surface area (Å²) in [7, 11) is 0. The van der Waals surface area contributed by atoms with Gasteiger partial charge in [-0.05, 0) is 59.5 Å². The first-order valence-electron chi connectivity index (χ1n) is 11.4. The fourth-order valence-electron chi connectivity index (χ4n) is 3.65. The molecule has 9 heteroatoms. The first kappa shape index (κ1) is 25.3. The fraction of sp³-hybridized carbons (Fsp3) is 0.107. The highest BCUT2D eigenvalue weighted by molar-refractivity contribution is 7.07. The third kappa shape index (κ3) is 5.55. The van der Waals surface area contributed by atoms with Crippen molar-refractivity contribution in [3.63, 3.8) is 0 Å². The molecule has 0 saturated carbocycles. The van der Waals surface area contributed by atoms with Crippen LogP contribution >= 0.6 is 11.3 Å². The molecule has 1 heterocycles. The van der Waals surface area contributed by atoms with Crippen molar-refractivity contribution in [2.75, 3.05) is 5.32 Å². The highest BCUT2D eigenvalue weighted by atomic mass is 32.1. The van der Waals surface area contributed by atoms with Crippen molar-refractivity contribution in [2.45, 2.75) is 19.8 Å². The average molecular weight is 511 g/mol. The fourth-order valence-corrected chi connectivity index (χ4v) is 4.75. The van der Waals surface area contributed by atoms with Crippen LogP contribution in [-0.4, -0.2) is 15.4 Å². The second kappa shape index (κ2) is 10.8. The first-order chi connectivity index (χ1) is 17.8. The number of aromatic nitrogens is 1. The second-order valence-corrected chi connectivity index (χ2v) is 9.49. The van der Waals surface area contributed by atoms with Crippen molar-refractivity contribution >= 4 is 40.3 Å². The van der Waals surface area contributed by atoms with Gasteiger partial charge in [0.2, 0.25) is 0 Å². The molecule has 0 fully saturated rings. The van der Waals surface area contributed by atoms with E-state index in [-0.39, 0.29) is 20.5 Å². The van der Waals surface area contributed by atoms with Gasteiger partial charge in [-0.15, -0.1) is 11.3 Å². The Labute approximate surface area is 216 Å². The van der Waals surface area contributed by atoms with Crippen LogP contribution in [0.15, 0.2) is 83.7 Å². The normalized spacial score (nSPS) is 12.2. The number of hydrogen-bond acceptors (Lipinski definition) is 6. The third-order valence-corrected chi connectivity index (χ3v) is 6.72. The molecule has 0 aliphatic rings. The monoisotopic (exact) mass is 510 g/mol. The Morgan fingerprint density at radius 1 is 1.05 bits per heavy atom. The van der Waals surface area contributed by atoms with E-state index in [1.54, 1.807) is 48.5 Å². The van der Waals surface area contributed by atoms with Crippen molar-refractivity contribution < 1.29 is 9.72 Å². The molecule has 4 aromatic rings. The summed E-state index contributed by atoms with van der Waals surface area (Å²) >= 11 is 1.00. The van der Waals surface area contributed by atoms with Gasteiger partial charge in [0, 0.05) is 17.8 Å². The van der Waals surface area contributed by atoms with Gasteiger partial charge >= 0.3 is 0 Å². The number of carbonyl (C=O) groups excluding carboxylic acids is 1. The van der Waals surface area contributed by atoms with Crippen LogP contribution in [0.4, 0.5) is 11.4 Å². The molecule has 0 radical (unpaired) electrons. The number of nitro benzene ring substituents is 1. The number of rotatable bonds is 6. The van der Waals surface area contributed by atoms with Crippen molar-refractivity contribution in [3.8, 4) is 11.8 Å². The summed E-state index contributed by atoms with van der Waals surface area (Å²) in [6, 6.07) is 23.8. The highest BCUT2D eigenvalue weighted by Gasteiger charge is 2.17. The van der Waals surface area contributed by atoms with Crippen LogP contribution in [0.2, 0.25) is 0 Å². The number of carbonyl (C=O) groups is 1. The Morgan fingerprint density at radius 3 is 2.27 bits per heavy atom. The number of amides is 1. The van der Waals surface area contributed by atoms with E-state index in [1.807, 2.05) is 18.2 Å². The number of non-ortho nitro benzene ring substituents is 1. The number of nitrogens with zero attached hydrogens (tertiary/aromatic N) is 3. The minimum Gasteiger partial charge on any atom is -0.321 e. The lowest BCUT2D eigenvalue weighted by molar-refractivity contribution is -0.384. The summed E-state index contributed by atoms with van der Waals surface area (Å²) in [4.78, 5) is 37.1. The van der Waals surface area contributed by atoms with Gasteiger partial charge < -0.3 is 5.32 Å². The van der Waals surface area contributed by atoms with Crippen LogP contribution in [0, 0.1) is 21.4 Å². The topological polar surface area (TPSA) is 118 Å². The molecule has 184 valence electrons. The largest absolute Gasteiger partial charge is 0.321 e. The number of thiazole rings is 1. The van der Waals surface area contributed by atoms with Gasteiger partial charge in [-0.3, -0.25) is 24.3 Å². The van der Waals surface area contributed by atoms with E-state index >= 15 is 0 Å². The standard InChI is InChI=1S/C28H22N4O4S/c1-18(2)20-10-12-21(13-11-20)30-26(33)24(17-29)28-31(22-6-4-3-5-7-22)27(34)25(37-28)16-19-8-14-23(15-9-19)32(35)36/h3-16,18H,1-2H3,(H,30,33)/b25-16+,28-24-. The summed E-state index contributed by atoms with van der Waals surface area (Å²) in [6.07, 6.45) is 1.58.